The van der Waals surface area contributed by atoms with E-state index < -0.39 is 0 Å². The SMILES string of the molecule is C[C@H](NCc1cncs1)c1cccc(F)c1. The Bertz CT molecular complexity index is 442. The third kappa shape index (κ3) is 2.87. The van der Waals surface area contributed by atoms with Crippen LogP contribution in [-0.4, -0.2) is 4.98 Å². The fraction of sp³-hybridized carbons (Fsp3) is 0.250. The van der Waals surface area contributed by atoms with Gasteiger partial charge in [0, 0.05) is 23.7 Å². The van der Waals surface area contributed by atoms with Crippen molar-refractivity contribution in [2.75, 3.05) is 0 Å². The van der Waals surface area contributed by atoms with E-state index in [2.05, 4.69) is 10.3 Å². The highest BCUT2D eigenvalue weighted by Crippen LogP contribution is 2.15. The molecule has 0 aliphatic carbocycles. The normalized spacial score (nSPS) is 12.6. The molecule has 2 aromatic rings. The second-order valence-electron chi connectivity index (χ2n) is 3.63. The topological polar surface area (TPSA) is 24.9 Å². The van der Waals surface area contributed by atoms with Gasteiger partial charge in [-0.3, -0.25) is 4.98 Å². The van der Waals surface area contributed by atoms with Crippen molar-refractivity contribution in [2.24, 2.45) is 0 Å². The fourth-order valence-corrected chi connectivity index (χ4v) is 2.02. The van der Waals surface area contributed by atoms with E-state index in [4.69, 9.17) is 0 Å². The van der Waals surface area contributed by atoms with Gasteiger partial charge in [-0.05, 0) is 24.6 Å². The van der Waals surface area contributed by atoms with Crippen LogP contribution in [0.2, 0.25) is 0 Å². The molecule has 0 aliphatic rings. The summed E-state index contributed by atoms with van der Waals surface area (Å²) in [5, 5.41) is 3.33. The van der Waals surface area contributed by atoms with E-state index in [1.807, 2.05) is 24.7 Å². The zero-order valence-electron chi connectivity index (χ0n) is 8.98. The Morgan fingerprint density at radius 1 is 1.50 bits per heavy atom. The minimum atomic E-state index is -0.191. The molecule has 1 N–H and O–H groups in total. The zero-order valence-corrected chi connectivity index (χ0v) is 9.80. The Morgan fingerprint density at radius 2 is 2.38 bits per heavy atom. The molecular formula is C12H13FN2S. The summed E-state index contributed by atoms with van der Waals surface area (Å²) in [5.74, 6) is -0.191. The summed E-state index contributed by atoms with van der Waals surface area (Å²) in [4.78, 5) is 5.19. The largest absolute Gasteiger partial charge is 0.305 e. The van der Waals surface area contributed by atoms with Gasteiger partial charge in [-0.15, -0.1) is 11.3 Å². The van der Waals surface area contributed by atoms with Crippen LogP contribution in [-0.2, 0) is 6.54 Å². The number of rotatable bonds is 4. The third-order valence-corrected chi connectivity index (χ3v) is 3.19. The van der Waals surface area contributed by atoms with Gasteiger partial charge in [-0.2, -0.15) is 0 Å². The van der Waals surface area contributed by atoms with Crippen LogP contribution in [0.25, 0.3) is 0 Å². The van der Waals surface area contributed by atoms with Crippen molar-refractivity contribution >= 4 is 11.3 Å². The first-order chi connectivity index (χ1) is 7.75. The first kappa shape index (κ1) is 11.2. The highest BCUT2D eigenvalue weighted by Gasteiger charge is 2.05. The summed E-state index contributed by atoms with van der Waals surface area (Å²) in [6, 6.07) is 6.81. The molecule has 1 atom stereocenters. The number of nitrogens with zero attached hydrogens (tertiary/aromatic N) is 1. The van der Waals surface area contributed by atoms with E-state index >= 15 is 0 Å². The first-order valence-electron chi connectivity index (χ1n) is 5.12. The van der Waals surface area contributed by atoms with E-state index in [-0.39, 0.29) is 11.9 Å². The number of hydrogen-bond donors (Lipinski definition) is 1. The first-order valence-corrected chi connectivity index (χ1v) is 6.00. The standard InChI is InChI=1S/C12H13FN2S/c1-9(10-3-2-4-11(13)5-10)15-7-12-6-14-8-16-12/h2-6,8-9,15H,7H2,1H3/t9-/m0/s1. The lowest BCUT2D eigenvalue weighted by atomic mass is 10.1. The van der Waals surface area contributed by atoms with Gasteiger partial charge in [0.2, 0.25) is 0 Å². The van der Waals surface area contributed by atoms with E-state index in [0.29, 0.717) is 0 Å². The van der Waals surface area contributed by atoms with Crippen molar-refractivity contribution < 1.29 is 4.39 Å². The fourth-order valence-electron chi connectivity index (χ4n) is 1.48. The maximum absolute atomic E-state index is 13.0. The van der Waals surface area contributed by atoms with Crippen LogP contribution in [0.1, 0.15) is 23.4 Å². The summed E-state index contributed by atoms with van der Waals surface area (Å²) in [5.41, 5.74) is 2.77. The highest BCUT2D eigenvalue weighted by atomic mass is 32.1. The van der Waals surface area contributed by atoms with Crippen molar-refractivity contribution in [3.63, 3.8) is 0 Å². The average molecular weight is 236 g/mol. The van der Waals surface area contributed by atoms with Gasteiger partial charge in [0.05, 0.1) is 5.51 Å². The van der Waals surface area contributed by atoms with E-state index in [1.54, 1.807) is 23.5 Å². The zero-order chi connectivity index (χ0) is 11.4. The van der Waals surface area contributed by atoms with Crippen LogP contribution in [0.15, 0.2) is 36.0 Å². The molecule has 0 aliphatic heterocycles. The summed E-state index contributed by atoms with van der Waals surface area (Å²) in [6.45, 7) is 2.79. The lowest BCUT2D eigenvalue weighted by Crippen LogP contribution is -2.17. The molecule has 0 amide bonds. The van der Waals surface area contributed by atoms with Gasteiger partial charge >= 0.3 is 0 Å². The molecule has 1 aromatic heterocycles. The molecule has 0 bridgehead atoms. The molecule has 0 saturated heterocycles. The van der Waals surface area contributed by atoms with Gasteiger partial charge in [-0.25, -0.2) is 4.39 Å². The van der Waals surface area contributed by atoms with Crippen LogP contribution in [0.3, 0.4) is 0 Å². The molecule has 16 heavy (non-hydrogen) atoms. The smallest absolute Gasteiger partial charge is 0.123 e. The molecular weight excluding hydrogens is 223 g/mol. The molecule has 0 fully saturated rings. The minimum Gasteiger partial charge on any atom is -0.305 e. The van der Waals surface area contributed by atoms with Crippen LogP contribution in [0, 0.1) is 5.82 Å². The summed E-state index contributed by atoms with van der Waals surface area (Å²) < 4.78 is 13.0. The molecule has 0 saturated carbocycles. The Morgan fingerprint density at radius 3 is 3.06 bits per heavy atom. The molecule has 1 aromatic carbocycles. The molecule has 84 valence electrons. The molecule has 2 nitrogen and oxygen atoms in total. The van der Waals surface area contributed by atoms with Crippen LogP contribution >= 0.6 is 11.3 Å². The van der Waals surface area contributed by atoms with Crippen LogP contribution in [0.5, 0.6) is 0 Å². The Hall–Kier alpha value is -1.26. The number of benzene rings is 1. The van der Waals surface area contributed by atoms with Crippen molar-refractivity contribution in [1.29, 1.82) is 0 Å². The van der Waals surface area contributed by atoms with Crippen molar-refractivity contribution in [1.82, 2.24) is 10.3 Å². The number of aromatic nitrogens is 1. The summed E-state index contributed by atoms with van der Waals surface area (Å²) in [7, 11) is 0. The monoisotopic (exact) mass is 236 g/mol. The van der Waals surface area contributed by atoms with Crippen molar-refractivity contribution in [3.8, 4) is 0 Å². The Labute approximate surface area is 98.2 Å². The number of hydrogen-bond acceptors (Lipinski definition) is 3. The van der Waals surface area contributed by atoms with E-state index in [0.717, 1.165) is 12.1 Å². The Kier molecular flexibility index (Phi) is 3.64. The third-order valence-electron chi connectivity index (χ3n) is 2.41. The second-order valence-corrected chi connectivity index (χ2v) is 4.60. The van der Waals surface area contributed by atoms with E-state index in [1.165, 1.54) is 10.9 Å². The molecule has 0 radical (unpaired) electrons. The number of thiazole rings is 1. The van der Waals surface area contributed by atoms with Crippen LogP contribution < -0.4 is 5.32 Å². The van der Waals surface area contributed by atoms with Gasteiger partial charge in [0.1, 0.15) is 5.82 Å². The van der Waals surface area contributed by atoms with Crippen LogP contribution in [0.4, 0.5) is 4.39 Å². The lowest BCUT2D eigenvalue weighted by molar-refractivity contribution is 0.568. The van der Waals surface area contributed by atoms with Crippen molar-refractivity contribution in [3.05, 3.63) is 52.2 Å². The predicted octanol–water partition coefficient (Wildman–Crippen LogP) is 3.13. The predicted molar refractivity (Wildman–Crippen MR) is 63.8 cm³/mol. The second kappa shape index (κ2) is 5.18. The molecule has 2 rings (SSSR count). The summed E-state index contributed by atoms with van der Waals surface area (Å²) >= 11 is 1.62. The summed E-state index contributed by atoms with van der Waals surface area (Å²) in [6.07, 6.45) is 1.84. The molecule has 0 spiro atoms. The molecule has 0 unspecified atom stereocenters. The quantitative estimate of drug-likeness (QED) is 0.882. The van der Waals surface area contributed by atoms with E-state index in [9.17, 15) is 4.39 Å². The lowest BCUT2D eigenvalue weighted by Gasteiger charge is -2.13. The van der Waals surface area contributed by atoms with Gasteiger partial charge in [0.15, 0.2) is 0 Å². The number of nitrogens with one attached hydrogen (secondary N) is 1. The minimum absolute atomic E-state index is 0.137. The van der Waals surface area contributed by atoms with Gasteiger partial charge < -0.3 is 5.32 Å². The molecule has 1 heterocycles. The molecule has 4 heteroatoms. The highest BCUT2D eigenvalue weighted by molar-refractivity contribution is 7.09. The van der Waals surface area contributed by atoms with Gasteiger partial charge in [-0.1, -0.05) is 12.1 Å². The number of halogens is 1. The Balaban J connectivity index is 1.95. The average Bonchev–Trinajstić information content (AvgIpc) is 2.78. The van der Waals surface area contributed by atoms with Crippen molar-refractivity contribution in [2.45, 2.75) is 19.5 Å². The maximum atomic E-state index is 13.0. The van der Waals surface area contributed by atoms with Gasteiger partial charge in [0.25, 0.3) is 0 Å². The maximum Gasteiger partial charge on any atom is 0.123 e.